The summed E-state index contributed by atoms with van der Waals surface area (Å²) in [6.07, 6.45) is 11.3. The van der Waals surface area contributed by atoms with E-state index in [4.69, 9.17) is 11.2 Å². The topological polar surface area (TPSA) is 54.3 Å². The van der Waals surface area contributed by atoms with Crippen LogP contribution in [0.5, 0.6) is 0 Å². The highest BCUT2D eigenvalue weighted by Crippen LogP contribution is 2.40. The Kier molecular flexibility index (Phi) is 3.99. The lowest BCUT2D eigenvalue weighted by molar-refractivity contribution is -0.133. The van der Waals surface area contributed by atoms with Crippen LogP contribution in [0.2, 0.25) is 0 Å². The Bertz CT molecular complexity index is 458. The molecular formula is C16H23N3O2. The average molecular weight is 289 g/mol. The van der Waals surface area contributed by atoms with E-state index in [0.29, 0.717) is 24.7 Å². The summed E-state index contributed by atoms with van der Waals surface area (Å²) in [5, 5.41) is 8.18. The molecule has 5 nitrogen and oxygen atoms in total. The maximum atomic E-state index is 12.3. The van der Waals surface area contributed by atoms with Crippen molar-refractivity contribution in [3.63, 3.8) is 0 Å². The third kappa shape index (κ3) is 3.26. The highest BCUT2D eigenvalue weighted by molar-refractivity contribution is 5.76. The lowest BCUT2D eigenvalue weighted by Crippen LogP contribution is -2.43. The van der Waals surface area contributed by atoms with Gasteiger partial charge in [0, 0.05) is 45.4 Å². The first-order chi connectivity index (χ1) is 10.2. The summed E-state index contributed by atoms with van der Waals surface area (Å²) < 4.78 is 5.53. The number of ether oxygens (including phenoxy) is 1. The highest BCUT2D eigenvalue weighted by atomic mass is 16.5. The minimum absolute atomic E-state index is 0.237. The number of hydrogen-bond donors (Lipinski definition) is 0. The van der Waals surface area contributed by atoms with Crippen LogP contribution < -0.4 is 0 Å². The van der Waals surface area contributed by atoms with Gasteiger partial charge in [-0.1, -0.05) is 0 Å². The molecule has 3 aliphatic heterocycles. The van der Waals surface area contributed by atoms with Gasteiger partial charge in [0.1, 0.15) is 0 Å². The van der Waals surface area contributed by atoms with Gasteiger partial charge in [-0.25, -0.2) is 0 Å². The van der Waals surface area contributed by atoms with Gasteiger partial charge in [-0.15, -0.1) is 12.3 Å². The van der Waals surface area contributed by atoms with Crippen molar-refractivity contribution in [1.82, 2.24) is 4.90 Å². The SMILES string of the molecule is C#CCCC1(CCC(=O)N2CCC3(CCOC3)CC2)N=N1. The molecule has 114 valence electrons. The van der Waals surface area contributed by atoms with Crippen LogP contribution >= 0.6 is 0 Å². The van der Waals surface area contributed by atoms with Crippen molar-refractivity contribution in [2.24, 2.45) is 15.6 Å². The molecule has 0 atom stereocenters. The molecule has 2 saturated heterocycles. The Balaban J connectivity index is 1.41. The van der Waals surface area contributed by atoms with Crippen LogP contribution in [-0.2, 0) is 9.53 Å². The third-order valence-corrected chi connectivity index (χ3v) is 5.15. The monoisotopic (exact) mass is 289 g/mol. The zero-order valence-electron chi connectivity index (χ0n) is 12.5. The van der Waals surface area contributed by atoms with Crippen LogP contribution in [0, 0.1) is 17.8 Å². The van der Waals surface area contributed by atoms with Crippen molar-refractivity contribution in [2.75, 3.05) is 26.3 Å². The van der Waals surface area contributed by atoms with Crippen LogP contribution in [0.1, 0.15) is 44.9 Å². The molecule has 0 N–H and O–H groups in total. The van der Waals surface area contributed by atoms with Gasteiger partial charge in [-0.05, 0) is 24.7 Å². The van der Waals surface area contributed by atoms with Crippen LogP contribution in [0.3, 0.4) is 0 Å². The van der Waals surface area contributed by atoms with E-state index < -0.39 is 0 Å². The van der Waals surface area contributed by atoms with Crippen molar-refractivity contribution in [3.8, 4) is 12.3 Å². The first-order valence-electron chi connectivity index (χ1n) is 7.90. The zero-order valence-corrected chi connectivity index (χ0v) is 12.5. The molecule has 0 aromatic heterocycles. The zero-order chi connectivity index (χ0) is 14.8. The second-order valence-corrected chi connectivity index (χ2v) is 6.57. The predicted octanol–water partition coefficient (Wildman–Crippen LogP) is 2.37. The van der Waals surface area contributed by atoms with E-state index in [-0.39, 0.29) is 11.6 Å². The molecular weight excluding hydrogens is 266 g/mol. The Morgan fingerprint density at radius 2 is 2.00 bits per heavy atom. The van der Waals surface area contributed by atoms with Crippen LogP contribution in [0.15, 0.2) is 10.2 Å². The lowest BCUT2D eigenvalue weighted by Gasteiger charge is -2.38. The summed E-state index contributed by atoms with van der Waals surface area (Å²) in [7, 11) is 0. The lowest BCUT2D eigenvalue weighted by atomic mass is 9.78. The molecule has 0 aromatic rings. The predicted molar refractivity (Wildman–Crippen MR) is 78.6 cm³/mol. The molecule has 3 aliphatic rings. The molecule has 0 bridgehead atoms. The normalized spacial score (nSPS) is 25.0. The molecule has 0 aromatic carbocycles. The minimum atomic E-state index is -0.335. The van der Waals surface area contributed by atoms with Gasteiger partial charge in [0.05, 0.1) is 6.61 Å². The summed E-state index contributed by atoms with van der Waals surface area (Å²) in [4.78, 5) is 14.3. The van der Waals surface area contributed by atoms with E-state index in [1.807, 2.05) is 4.90 Å². The van der Waals surface area contributed by atoms with E-state index in [1.54, 1.807) is 0 Å². The molecule has 0 aliphatic carbocycles. The van der Waals surface area contributed by atoms with Crippen LogP contribution in [0.4, 0.5) is 0 Å². The number of carbonyl (C=O) groups excluding carboxylic acids is 1. The van der Waals surface area contributed by atoms with E-state index in [0.717, 1.165) is 52.0 Å². The van der Waals surface area contributed by atoms with Crippen molar-refractivity contribution in [2.45, 2.75) is 50.6 Å². The van der Waals surface area contributed by atoms with Gasteiger partial charge in [0.2, 0.25) is 5.91 Å². The molecule has 3 rings (SSSR count). The Labute approximate surface area is 126 Å². The number of carbonyl (C=O) groups is 1. The first-order valence-corrected chi connectivity index (χ1v) is 7.90. The fraction of sp³-hybridized carbons (Fsp3) is 0.812. The van der Waals surface area contributed by atoms with Gasteiger partial charge < -0.3 is 9.64 Å². The van der Waals surface area contributed by atoms with E-state index in [1.165, 1.54) is 0 Å². The van der Waals surface area contributed by atoms with Gasteiger partial charge >= 0.3 is 0 Å². The summed E-state index contributed by atoms with van der Waals surface area (Å²) in [6.45, 7) is 3.50. The summed E-state index contributed by atoms with van der Waals surface area (Å²) in [6, 6.07) is 0. The van der Waals surface area contributed by atoms with E-state index in [9.17, 15) is 4.79 Å². The van der Waals surface area contributed by atoms with E-state index in [2.05, 4.69) is 16.1 Å². The highest BCUT2D eigenvalue weighted by Gasteiger charge is 2.41. The Morgan fingerprint density at radius 3 is 2.57 bits per heavy atom. The number of amides is 1. The van der Waals surface area contributed by atoms with Crippen molar-refractivity contribution < 1.29 is 9.53 Å². The second-order valence-electron chi connectivity index (χ2n) is 6.57. The van der Waals surface area contributed by atoms with Gasteiger partial charge in [0.15, 0.2) is 5.66 Å². The molecule has 1 spiro atoms. The Morgan fingerprint density at radius 1 is 1.24 bits per heavy atom. The number of nitrogens with zero attached hydrogens (tertiary/aromatic N) is 3. The standard InChI is InChI=1S/C16H23N3O2/c1-2-3-5-16(17-18-16)6-4-14(20)19-10-7-15(8-11-19)9-12-21-13-15/h1H,3-13H2. The third-order valence-electron chi connectivity index (χ3n) is 5.15. The molecule has 2 fully saturated rings. The fourth-order valence-corrected chi connectivity index (χ4v) is 3.41. The molecule has 1 amide bonds. The number of piperidine rings is 1. The molecule has 3 heterocycles. The van der Waals surface area contributed by atoms with Gasteiger partial charge in [-0.2, -0.15) is 10.2 Å². The molecule has 0 saturated carbocycles. The largest absolute Gasteiger partial charge is 0.381 e. The molecule has 21 heavy (non-hydrogen) atoms. The van der Waals surface area contributed by atoms with Crippen molar-refractivity contribution >= 4 is 5.91 Å². The van der Waals surface area contributed by atoms with Gasteiger partial charge in [-0.3, -0.25) is 4.79 Å². The molecule has 5 heteroatoms. The number of terminal acetylenes is 1. The Hall–Kier alpha value is -1.41. The van der Waals surface area contributed by atoms with E-state index >= 15 is 0 Å². The van der Waals surface area contributed by atoms with Crippen LogP contribution in [0.25, 0.3) is 0 Å². The van der Waals surface area contributed by atoms with Crippen LogP contribution in [-0.4, -0.2) is 42.8 Å². The smallest absolute Gasteiger partial charge is 0.222 e. The van der Waals surface area contributed by atoms with Crippen molar-refractivity contribution in [1.29, 1.82) is 0 Å². The maximum Gasteiger partial charge on any atom is 0.222 e. The first kappa shape index (κ1) is 14.5. The second kappa shape index (κ2) is 5.76. The number of hydrogen-bond acceptors (Lipinski definition) is 4. The van der Waals surface area contributed by atoms with Gasteiger partial charge in [0.25, 0.3) is 0 Å². The summed E-state index contributed by atoms with van der Waals surface area (Å²) >= 11 is 0. The van der Waals surface area contributed by atoms with Crippen molar-refractivity contribution in [3.05, 3.63) is 0 Å². The molecule has 0 radical (unpaired) electrons. The number of rotatable bonds is 5. The average Bonchev–Trinajstić information content (AvgIpc) is 3.15. The molecule has 0 unspecified atom stereocenters. The number of likely N-dealkylation sites (tertiary alicyclic amines) is 1. The minimum Gasteiger partial charge on any atom is -0.381 e. The summed E-state index contributed by atoms with van der Waals surface area (Å²) in [5.41, 5.74) is 0.0181. The summed E-state index contributed by atoms with van der Waals surface area (Å²) in [5.74, 6) is 2.85. The quantitative estimate of drug-likeness (QED) is 0.730. The maximum absolute atomic E-state index is 12.3. The fourth-order valence-electron chi connectivity index (χ4n) is 3.41.